The molecule has 0 saturated carbocycles. The summed E-state index contributed by atoms with van der Waals surface area (Å²) in [5, 5.41) is 17.0. The molecule has 0 aliphatic heterocycles. The summed E-state index contributed by atoms with van der Waals surface area (Å²) >= 11 is 0. The van der Waals surface area contributed by atoms with Crippen molar-refractivity contribution in [3.8, 4) is 0 Å². The van der Waals surface area contributed by atoms with E-state index in [0.29, 0.717) is 23.9 Å². The highest BCUT2D eigenvalue weighted by molar-refractivity contribution is 5.69. The minimum absolute atomic E-state index is 0.0332. The molecule has 0 unspecified atom stereocenters. The molecule has 8 heteroatoms. The van der Waals surface area contributed by atoms with E-state index in [1.807, 2.05) is 0 Å². The van der Waals surface area contributed by atoms with Gasteiger partial charge in [0.15, 0.2) is 0 Å². The van der Waals surface area contributed by atoms with Gasteiger partial charge in [-0.05, 0) is 11.6 Å². The molecule has 0 fully saturated rings. The van der Waals surface area contributed by atoms with Crippen LogP contribution in [0.15, 0.2) is 30.6 Å². The van der Waals surface area contributed by atoms with Crippen molar-refractivity contribution in [3.05, 3.63) is 46.3 Å². The topological polar surface area (TPSA) is 102 Å². The number of benzene rings is 1. The predicted octanol–water partition coefficient (Wildman–Crippen LogP) is 2.32. The summed E-state index contributed by atoms with van der Waals surface area (Å²) in [5.74, 6) is 1.09. The molecule has 2 aromatic rings. The number of ether oxygens (including phenoxy) is 1. The molecule has 2 rings (SSSR count). The first kappa shape index (κ1) is 14.7. The van der Waals surface area contributed by atoms with Gasteiger partial charge in [-0.1, -0.05) is 6.07 Å². The van der Waals surface area contributed by atoms with Crippen LogP contribution in [0.5, 0.6) is 0 Å². The largest absolute Gasteiger partial charge is 0.380 e. The van der Waals surface area contributed by atoms with E-state index in [-0.39, 0.29) is 5.69 Å². The van der Waals surface area contributed by atoms with Crippen LogP contribution < -0.4 is 10.6 Å². The first-order chi connectivity index (χ1) is 10.1. The lowest BCUT2D eigenvalue weighted by atomic mass is 10.2. The summed E-state index contributed by atoms with van der Waals surface area (Å²) in [7, 11) is 3.27. The van der Waals surface area contributed by atoms with Crippen molar-refractivity contribution in [1.82, 2.24) is 9.97 Å². The van der Waals surface area contributed by atoms with Crippen molar-refractivity contribution in [3.63, 3.8) is 0 Å². The summed E-state index contributed by atoms with van der Waals surface area (Å²) in [5.41, 5.74) is 1.06. The number of nitrogens with one attached hydrogen (secondary N) is 2. The fraction of sp³-hybridized carbons (Fsp3) is 0.231. The fourth-order valence-electron chi connectivity index (χ4n) is 1.79. The lowest BCUT2D eigenvalue weighted by Crippen LogP contribution is -2.01. The molecule has 0 aliphatic carbocycles. The van der Waals surface area contributed by atoms with Crippen molar-refractivity contribution in [1.29, 1.82) is 0 Å². The van der Waals surface area contributed by atoms with Gasteiger partial charge in [-0.3, -0.25) is 10.1 Å². The van der Waals surface area contributed by atoms with Crippen LogP contribution in [0.4, 0.5) is 23.0 Å². The van der Waals surface area contributed by atoms with Gasteiger partial charge in [0, 0.05) is 26.3 Å². The van der Waals surface area contributed by atoms with Crippen LogP contribution in [0, 0.1) is 10.1 Å². The smallest absolute Gasteiger partial charge is 0.293 e. The highest BCUT2D eigenvalue weighted by Gasteiger charge is 2.15. The maximum absolute atomic E-state index is 11.2. The lowest BCUT2D eigenvalue weighted by Gasteiger charge is -2.08. The SMILES string of the molecule is CNc1cc(Nc2ccc(COC)cc2[N+](=O)[O-])ncn1. The van der Waals surface area contributed by atoms with Gasteiger partial charge < -0.3 is 15.4 Å². The number of hydrogen-bond donors (Lipinski definition) is 2. The van der Waals surface area contributed by atoms with Gasteiger partial charge in [0.25, 0.3) is 5.69 Å². The molecule has 21 heavy (non-hydrogen) atoms. The molecular formula is C13H15N5O3. The second kappa shape index (κ2) is 6.62. The number of rotatable bonds is 6. The van der Waals surface area contributed by atoms with Crippen molar-refractivity contribution >= 4 is 23.0 Å². The zero-order valence-corrected chi connectivity index (χ0v) is 11.7. The molecule has 0 amide bonds. The van der Waals surface area contributed by atoms with Gasteiger partial charge >= 0.3 is 0 Å². The number of methoxy groups -OCH3 is 1. The van der Waals surface area contributed by atoms with Crippen molar-refractivity contribution in [2.45, 2.75) is 6.61 Å². The summed E-state index contributed by atoms with van der Waals surface area (Å²) in [6, 6.07) is 6.53. The van der Waals surface area contributed by atoms with Crippen LogP contribution in [-0.2, 0) is 11.3 Å². The minimum Gasteiger partial charge on any atom is -0.380 e. The van der Waals surface area contributed by atoms with E-state index in [1.165, 1.54) is 19.5 Å². The lowest BCUT2D eigenvalue weighted by molar-refractivity contribution is -0.384. The van der Waals surface area contributed by atoms with E-state index >= 15 is 0 Å². The Hall–Kier alpha value is -2.74. The Kier molecular flexibility index (Phi) is 4.62. The zero-order valence-electron chi connectivity index (χ0n) is 11.7. The van der Waals surface area contributed by atoms with Gasteiger partial charge in [0.2, 0.25) is 0 Å². The molecule has 0 saturated heterocycles. The Morgan fingerprint density at radius 3 is 2.71 bits per heavy atom. The van der Waals surface area contributed by atoms with Crippen LogP contribution >= 0.6 is 0 Å². The predicted molar refractivity (Wildman–Crippen MR) is 78.7 cm³/mol. The fourth-order valence-corrected chi connectivity index (χ4v) is 1.79. The zero-order chi connectivity index (χ0) is 15.2. The maximum Gasteiger partial charge on any atom is 0.293 e. The van der Waals surface area contributed by atoms with Gasteiger partial charge in [0.1, 0.15) is 23.7 Å². The first-order valence-electron chi connectivity index (χ1n) is 6.17. The highest BCUT2D eigenvalue weighted by atomic mass is 16.6. The molecule has 0 bridgehead atoms. The second-order valence-electron chi connectivity index (χ2n) is 4.21. The van der Waals surface area contributed by atoms with Crippen molar-refractivity contribution < 1.29 is 9.66 Å². The first-order valence-corrected chi connectivity index (χ1v) is 6.17. The Morgan fingerprint density at radius 1 is 1.29 bits per heavy atom. The molecule has 0 radical (unpaired) electrons. The summed E-state index contributed by atoms with van der Waals surface area (Å²) in [4.78, 5) is 18.7. The van der Waals surface area contributed by atoms with E-state index in [0.717, 1.165) is 5.56 Å². The highest BCUT2D eigenvalue weighted by Crippen LogP contribution is 2.28. The van der Waals surface area contributed by atoms with E-state index in [9.17, 15) is 10.1 Å². The average molecular weight is 289 g/mol. The van der Waals surface area contributed by atoms with Gasteiger partial charge in [0.05, 0.1) is 11.5 Å². The molecule has 0 aliphatic rings. The van der Waals surface area contributed by atoms with Crippen LogP contribution in [0.1, 0.15) is 5.56 Å². The number of aromatic nitrogens is 2. The molecule has 0 atom stereocenters. The Balaban J connectivity index is 2.32. The van der Waals surface area contributed by atoms with Gasteiger partial charge in [-0.25, -0.2) is 9.97 Å². The van der Waals surface area contributed by atoms with Crippen molar-refractivity contribution in [2.24, 2.45) is 0 Å². The molecular weight excluding hydrogens is 274 g/mol. The third kappa shape index (κ3) is 3.63. The third-order valence-corrected chi connectivity index (χ3v) is 2.76. The Morgan fingerprint density at radius 2 is 2.05 bits per heavy atom. The molecule has 1 heterocycles. The number of anilines is 3. The van der Waals surface area contributed by atoms with E-state index < -0.39 is 4.92 Å². The van der Waals surface area contributed by atoms with E-state index in [2.05, 4.69) is 20.6 Å². The monoisotopic (exact) mass is 289 g/mol. The molecule has 1 aromatic heterocycles. The Labute approximate surface area is 121 Å². The quantitative estimate of drug-likeness (QED) is 0.621. The standard InChI is InChI=1S/C13H15N5O3/c1-14-12-6-13(16-8-15-12)17-10-4-3-9(7-21-2)5-11(10)18(19)20/h3-6,8H,7H2,1-2H3,(H2,14,15,16,17). The second-order valence-corrected chi connectivity index (χ2v) is 4.21. The summed E-state index contributed by atoms with van der Waals surface area (Å²) in [6.07, 6.45) is 1.37. The average Bonchev–Trinajstić information content (AvgIpc) is 2.49. The molecule has 2 N–H and O–H groups in total. The number of nitro benzene ring substituents is 1. The number of nitro groups is 1. The molecule has 0 spiro atoms. The van der Waals surface area contributed by atoms with Crippen LogP contribution in [0.3, 0.4) is 0 Å². The van der Waals surface area contributed by atoms with E-state index in [4.69, 9.17) is 4.74 Å². The van der Waals surface area contributed by atoms with Crippen LogP contribution in [0.25, 0.3) is 0 Å². The molecule has 1 aromatic carbocycles. The summed E-state index contributed by atoms with van der Waals surface area (Å²) < 4.78 is 4.98. The normalized spacial score (nSPS) is 10.2. The Bertz CT molecular complexity index is 647. The number of hydrogen-bond acceptors (Lipinski definition) is 7. The number of nitrogens with zero attached hydrogens (tertiary/aromatic N) is 3. The van der Waals surface area contributed by atoms with E-state index in [1.54, 1.807) is 25.2 Å². The van der Waals surface area contributed by atoms with Gasteiger partial charge in [-0.15, -0.1) is 0 Å². The molecule has 8 nitrogen and oxygen atoms in total. The van der Waals surface area contributed by atoms with Crippen molar-refractivity contribution in [2.75, 3.05) is 24.8 Å². The van der Waals surface area contributed by atoms with Crippen LogP contribution in [-0.4, -0.2) is 29.0 Å². The van der Waals surface area contributed by atoms with Crippen LogP contribution in [0.2, 0.25) is 0 Å². The minimum atomic E-state index is -0.443. The summed E-state index contributed by atoms with van der Waals surface area (Å²) in [6.45, 7) is 0.318. The molecule has 110 valence electrons. The third-order valence-electron chi connectivity index (χ3n) is 2.76. The van der Waals surface area contributed by atoms with Gasteiger partial charge in [-0.2, -0.15) is 0 Å². The maximum atomic E-state index is 11.2.